The van der Waals surface area contributed by atoms with Crippen LogP contribution in [0.4, 0.5) is 0 Å². The summed E-state index contributed by atoms with van der Waals surface area (Å²) >= 11 is 0. The highest BCUT2D eigenvalue weighted by Gasteiger charge is 1.98. The number of carboxylic acid groups (broad SMARTS) is 1. The normalized spacial score (nSPS) is 9.92. The van der Waals surface area contributed by atoms with E-state index in [1.165, 1.54) is 58.3 Å². The Balaban J connectivity index is 0. The lowest BCUT2D eigenvalue weighted by molar-refractivity contribution is -0.139. The number of carboxylic acids is 1. The van der Waals surface area contributed by atoms with Gasteiger partial charge in [0.1, 0.15) is 0 Å². The van der Waals surface area contributed by atoms with Gasteiger partial charge in [0.15, 0.2) is 0 Å². The predicted molar refractivity (Wildman–Crippen MR) is 102 cm³/mol. The number of carbonyl (C=O) groups is 3. The molecule has 0 unspecified atom stereocenters. The van der Waals surface area contributed by atoms with Crippen molar-refractivity contribution >= 4 is 17.9 Å². The molecule has 0 saturated carbocycles. The van der Waals surface area contributed by atoms with E-state index in [9.17, 15) is 14.4 Å². The third kappa shape index (κ3) is 26.8. The van der Waals surface area contributed by atoms with E-state index in [1.54, 1.807) is 0 Å². The monoisotopic (exact) mass is 370 g/mol. The minimum Gasteiger partial charge on any atom is -0.478 e. The van der Waals surface area contributed by atoms with Crippen LogP contribution in [0.2, 0.25) is 0 Å². The number of esters is 2. The van der Waals surface area contributed by atoms with E-state index in [1.807, 2.05) is 0 Å². The number of rotatable bonds is 14. The van der Waals surface area contributed by atoms with Crippen molar-refractivity contribution in [2.45, 2.75) is 78.1 Å². The first kappa shape index (κ1) is 26.1. The number of carbonyl (C=O) groups excluding carboxylic acids is 2. The highest BCUT2D eigenvalue weighted by Crippen LogP contribution is 2.10. The van der Waals surface area contributed by atoms with Gasteiger partial charge in [-0.2, -0.15) is 0 Å². The molecule has 0 fully saturated rings. The van der Waals surface area contributed by atoms with Gasteiger partial charge in [0.2, 0.25) is 0 Å². The first-order valence-corrected chi connectivity index (χ1v) is 9.29. The first-order chi connectivity index (χ1) is 12.4. The van der Waals surface area contributed by atoms with Gasteiger partial charge < -0.3 is 14.6 Å². The molecular weight excluding hydrogens is 336 g/mol. The van der Waals surface area contributed by atoms with Gasteiger partial charge in [-0.05, 0) is 6.42 Å². The van der Waals surface area contributed by atoms with Crippen LogP contribution in [0.25, 0.3) is 0 Å². The van der Waals surface area contributed by atoms with Gasteiger partial charge in [0, 0.05) is 19.1 Å². The Hall–Kier alpha value is -2.11. The fourth-order valence-electron chi connectivity index (χ4n) is 2.07. The summed E-state index contributed by atoms with van der Waals surface area (Å²) in [5, 5.41) is 8.33. The maximum absolute atomic E-state index is 11.0. The first-order valence-electron chi connectivity index (χ1n) is 9.29. The molecule has 150 valence electrons. The molecule has 0 aliphatic rings. The molecule has 26 heavy (non-hydrogen) atoms. The zero-order valence-corrected chi connectivity index (χ0v) is 16.2. The van der Waals surface area contributed by atoms with Crippen LogP contribution in [-0.2, 0) is 23.9 Å². The molecule has 0 aromatic rings. The second-order valence-corrected chi connectivity index (χ2v) is 5.80. The highest BCUT2D eigenvalue weighted by atomic mass is 16.5. The lowest BCUT2D eigenvalue weighted by Crippen LogP contribution is -2.03. The van der Waals surface area contributed by atoms with Crippen LogP contribution < -0.4 is 0 Å². The lowest BCUT2D eigenvalue weighted by atomic mass is 10.1. The van der Waals surface area contributed by atoms with Gasteiger partial charge in [-0.3, -0.25) is 4.79 Å². The van der Waals surface area contributed by atoms with E-state index in [-0.39, 0.29) is 5.97 Å². The molecule has 0 amide bonds. The Morgan fingerprint density at radius 2 is 1.38 bits per heavy atom. The second kappa shape index (κ2) is 20.9. The smallest absolute Gasteiger partial charge is 0.331 e. The van der Waals surface area contributed by atoms with Crippen molar-refractivity contribution in [2.75, 3.05) is 6.61 Å². The summed E-state index contributed by atoms with van der Waals surface area (Å²) < 4.78 is 9.04. The fraction of sp³-hybridized carbons (Fsp3) is 0.650. The molecule has 6 nitrogen and oxygen atoms in total. The molecule has 1 N–H and O–H groups in total. The summed E-state index contributed by atoms with van der Waals surface area (Å²) in [4.78, 5) is 31.0. The van der Waals surface area contributed by atoms with Crippen molar-refractivity contribution in [2.24, 2.45) is 0 Å². The van der Waals surface area contributed by atoms with Gasteiger partial charge >= 0.3 is 17.9 Å². The van der Waals surface area contributed by atoms with Crippen LogP contribution in [-0.4, -0.2) is 29.6 Å². The van der Waals surface area contributed by atoms with Crippen molar-refractivity contribution in [3.05, 3.63) is 25.0 Å². The minimum atomic E-state index is -1.14. The molecule has 0 bridgehead atoms. The quantitative estimate of drug-likeness (QED) is 0.205. The maximum atomic E-state index is 11.0. The lowest BCUT2D eigenvalue weighted by Gasteiger charge is -2.03. The topological polar surface area (TPSA) is 89.9 Å². The van der Waals surface area contributed by atoms with Gasteiger partial charge in [0.05, 0.1) is 12.9 Å². The highest BCUT2D eigenvalue weighted by molar-refractivity contribution is 5.90. The number of hydrogen-bond acceptors (Lipinski definition) is 5. The standard InChI is InChI=1S/C16H28O4.C4H6O2/c1-2-3-4-5-6-7-8-9-10-11-14-20-16(19)13-12-15(17)18;1-3-6-4(2)5/h12-13H,2-11,14H2,1H3,(H,17,18);3H,1H2,2H3. The van der Waals surface area contributed by atoms with Gasteiger partial charge in [-0.25, -0.2) is 9.59 Å². The Bertz CT molecular complexity index is 415. The van der Waals surface area contributed by atoms with Crippen molar-refractivity contribution in [1.82, 2.24) is 0 Å². The van der Waals surface area contributed by atoms with E-state index in [0.717, 1.165) is 31.3 Å². The predicted octanol–water partition coefficient (Wildman–Crippen LogP) is 4.78. The van der Waals surface area contributed by atoms with Crippen LogP contribution in [0, 0.1) is 0 Å². The average molecular weight is 370 g/mol. The Labute approximate surface area is 157 Å². The van der Waals surface area contributed by atoms with Crippen molar-refractivity contribution in [3.8, 4) is 0 Å². The van der Waals surface area contributed by atoms with E-state index in [2.05, 4.69) is 18.2 Å². The summed E-state index contributed by atoms with van der Waals surface area (Å²) in [5.74, 6) is -2.05. The Kier molecular flexibility index (Phi) is 21.0. The third-order valence-corrected chi connectivity index (χ3v) is 3.35. The molecule has 0 heterocycles. The van der Waals surface area contributed by atoms with E-state index in [0.29, 0.717) is 6.61 Å². The van der Waals surface area contributed by atoms with Crippen molar-refractivity contribution in [3.63, 3.8) is 0 Å². The van der Waals surface area contributed by atoms with Crippen LogP contribution in [0.3, 0.4) is 0 Å². The maximum Gasteiger partial charge on any atom is 0.331 e. The van der Waals surface area contributed by atoms with E-state index < -0.39 is 11.9 Å². The number of unbranched alkanes of at least 4 members (excludes halogenated alkanes) is 9. The summed E-state index contributed by atoms with van der Waals surface area (Å²) in [5.41, 5.74) is 0. The van der Waals surface area contributed by atoms with Gasteiger partial charge in [-0.1, -0.05) is 71.3 Å². The van der Waals surface area contributed by atoms with Crippen molar-refractivity contribution < 1.29 is 29.0 Å². The van der Waals surface area contributed by atoms with Crippen LogP contribution in [0.15, 0.2) is 25.0 Å². The molecule has 0 spiro atoms. The van der Waals surface area contributed by atoms with Crippen molar-refractivity contribution in [1.29, 1.82) is 0 Å². The minimum absolute atomic E-state index is 0.329. The molecule has 0 atom stereocenters. The third-order valence-electron chi connectivity index (χ3n) is 3.35. The van der Waals surface area contributed by atoms with E-state index in [4.69, 9.17) is 9.84 Å². The van der Waals surface area contributed by atoms with Crippen LogP contribution >= 0.6 is 0 Å². The SMILES string of the molecule is C=COC(C)=O.CCCCCCCCCCCCOC(=O)C=CC(=O)O. The van der Waals surface area contributed by atoms with Gasteiger partial charge in [-0.15, -0.1) is 0 Å². The zero-order chi connectivity index (χ0) is 20.0. The molecule has 0 rings (SSSR count). The molecule has 0 aliphatic heterocycles. The average Bonchev–Trinajstić information content (AvgIpc) is 2.58. The fourth-order valence-corrected chi connectivity index (χ4v) is 2.07. The van der Waals surface area contributed by atoms with Crippen LogP contribution in [0.5, 0.6) is 0 Å². The molecule has 0 aromatic heterocycles. The number of aliphatic carboxylic acids is 1. The van der Waals surface area contributed by atoms with Gasteiger partial charge in [0.25, 0.3) is 0 Å². The zero-order valence-electron chi connectivity index (χ0n) is 16.2. The summed E-state index contributed by atoms with van der Waals surface area (Å²) in [6, 6.07) is 0. The Morgan fingerprint density at radius 1 is 0.885 bits per heavy atom. The molecule has 0 aromatic carbocycles. The summed E-state index contributed by atoms with van der Waals surface area (Å²) in [7, 11) is 0. The molecule has 0 aliphatic carbocycles. The molecule has 6 heteroatoms. The molecule has 0 saturated heterocycles. The van der Waals surface area contributed by atoms with Crippen LogP contribution in [0.1, 0.15) is 78.1 Å². The molecular formula is C20H34O6. The van der Waals surface area contributed by atoms with E-state index >= 15 is 0 Å². The number of hydrogen-bond donors (Lipinski definition) is 1. The summed E-state index contributed by atoms with van der Waals surface area (Å²) in [6.07, 6.45) is 15.1. The second-order valence-electron chi connectivity index (χ2n) is 5.80. The molecule has 0 radical (unpaired) electrons. The largest absolute Gasteiger partial charge is 0.478 e. The Morgan fingerprint density at radius 3 is 1.77 bits per heavy atom. The summed E-state index contributed by atoms with van der Waals surface area (Å²) in [6.45, 7) is 7.08. The number of ether oxygens (including phenoxy) is 2.